The first-order valence-electron chi connectivity index (χ1n) is 11.0. The van der Waals surface area contributed by atoms with Crippen LogP contribution in [0.5, 0.6) is 5.75 Å². The van der Waals surface area contributed by atoms with Crippen molar-refractivity contribution in [3.05, 3.63) is 53.9 Å². The number of fused-ring (bicyclic) bond motifs is 3. The summed E-state index contributed by atoms with van der Waals surface area (Å²) in [6, 6.07) is 12.6. The van der Waals surface area contributed by atoms with Crippen LogP contribution < -0.4 is 15.3 Å². The van der Waals surface area contributed by atoms with E-state index < -0.39 is 0 Å². The van der Waals surface area contributed by atoms with E-state index in [0.717, 1.165) is 61.7 Å². The average molecular weight is 435 g/mol. The van der Waals surface area contributed by atoms with E-state index in [2.05, 4.69) is 21.7 Å². The Bertz CT molecular complexity index is 1230. The molecule has 3 heterocycles. The van der Waals surface area contributed by atoms with Crippen LogP contribution in [0.2, 0.25) is 0 Å². The first-order chi connectivity index (χ1) is 15.5. The predicted octanol–water partition coefficient (Wildman–Crippen LogP) is 3.52. The molecule has 8 heteroatoms. The number of halogens is 1. The number of rotatable bonds is 4. The summed E-state index contributed by atoms with van der Waals surface area (Å²) in [6.45, 7) is 6.60. The number of methoxy groups -OCH3 is 1. The third-order valence-corrected chi connectivity index (χ3v) is 6.34. The molecule has 0 saturated carbocycles. The Kier molecular flexibility index (Phi) is 5.38. The zero-order valence-corrected chi connectivity index (χ0v) is 18.4. The van der Waals surface area contributed by atoms with E-state index in [1.165, 1.54) is 12.1 Å². The van der Waals surface area contributed by atoms with Gasteiger partial charge >= 0.3 is 0 Å². The molecule has 2 aromatic carbocycles. The molecule has 0 aliphatic carbocycles. The molecule has 1 unspecified atom stereocenters. The van der Waals surface area contributed by atoms with Gasteiger partial charge in [-0.2, -0.15) is 0 Å². The Balaban J connectivity index is 1.38. The Morgan fingerprint density at radius 2 is 1.84 bits per heavy atom. The lowest BCUT2D eigenvalue weighted by Gasteiger charge is -2.37. The quantitative estimate of drug-likeness (QED) is 0.682. The van der Waals surface area contributed by atoms with E-state index in [0.29, 0.717) is 11.3 Å². The Hall–Kier alpha value is -3.26. The summed E-state index contributed by atoms with van der Waals surface area (Å²) in [5, 5.41) is 9.36. The molecule has 32 heavy (non-hydrogen) atoms. The van der Waals surface area contributed by atoms with Crippen molar-refractivity contribution in [1.29, 1.82) is 5.41 Å². The Morgan fingerprint density at radius 3 is 2.56 bits per heavy atom. The van der Waals surface area contributed by atoms with Crippen LogP contribution in [0, 0.1) is 11.2 Å². The second kappa shape index (κ2) is 8.35. The molecule has 0 amide bonds. The second-order valence-electron chi connectivity index (χ2n) is 8.46. The summed E-state index contributed by atoms with van der Waals surface area (Å²) >= 11 is 0. The fraction of sp³-hybridized carbons (Fsp3) is 0.375. The molecule has 2 aliphatic heterocycles. The van der Waals surface area contributed by atoms with E-state index in [4.69, 9.17) is 15.1 Å². The lowest BCUT2D eigenvalue weighted by atomic mass is 10.1. The minimum atomic E-state index is -0.203. The summed E-state index contributed by atoms with van der Waals surface area (Å²) in [4.78, 5) is 14.2. The SMILES string of the molecule is COc1cccc2c3n(c(=N)nc12)C(C)CC(CN1CCN(c2ccc(F)cc2)CC1)=N3. The molecule has 1 N–H and O–H groups in total. The molecular weight excluding hydrogens is 407 g/mol. The minimum absolute atomic E-state index is 0.119. The van der Waals surface area contributed by atoms with Crippen LogP contribution in [0.4, 0.5) is 15.9 Å². The van der Waals surface area contributed by atoms with Gasteiger partial charge in [0.15, 0.2) is 0 Å². The highest BCUT2D eigenvalue weighted by molar-refractivity contribution is 5.97. The number of para-hydroxylation sites is 1. The number of anilines is 1. The molecule has 1 aromatic heterocycles. The van der Waals surface area contributed by atoms with Gasteiger partial charge in [0.1, 0.15) is 22.9 Å². The van der Waals surface area contributed by atoms with E-state index in [9.17, 15) is 4.39 Å². The number of piperazine rings is 1. The van der Waals surface area contributed by atoms with E-state index >= 15 is 0 Å². The van der Waals surface area contributed by atoms with Crippen molar-refractivity contribution < 1.29 is 9.13 Å². The molecule has 166 valence electrons. The van der Waals surface area contributed by atoms with Crippen LogP contribution in [0.3, 0.4) is 0 Å². The van der Waals surface area contributed by atoms with Gasteiger partial charge in [0.2, 0.25) is 5.62 Å². The number of aromatic nitrogens is 2. The summed E-state index contributed by atoms with van der Waals surface area (Å²) in [6.07, 6.45) is 0.804. The molecule has 1 saturated heterocycles. The summed E-state index contributed by atoms with van der Waals surface area (Å²) < 4.78 is 20.6. The zero-order chi connectivity index (χ0) is 22.2. The molecule has 5 rings (SSSR count). The number of ether oxygens (including phenoxy) is 1. The van der Waals surface area contributed by atoms with Crippen molar-refractivity contribution in [2.45, 2.75) is 19.4 Å². The van der Waals surface area contributed by atoms with Gasteiger partial charge in [-0.1, -0.05) is 6.07 Å². The van der Waals surface area contributed by atoms with Crippen molar-refractivity contribution >= 4 is 28.1 Å². The van der Waals surface area contributed by atoms with Gasteiger partial charge in [0.25, 0.3) is 0 Å². The first kappa shape index (κ1) is 20.6. The topological polar surface area (TPSA) is 69.7 Å². The molecule has 0 radical (unpaired) electrons. The normalized spacial score (nSPS) is 19.0. The molecule has 2 aliphatic rings. The average Bonchev–Trinajstić information content (AvgIpc) is 2.79. The largest absolute Gasteiger partial charge is 0.494 e. The van der Waals surface area contributed by atoms with Gasteiger partial charge in [0, 0.05) is 62.0 Å². The minimum Gasteiger partial charge on any atom is -0.494 e. The fourth-order valence-electron chi connectivity index (χ4n) is 4.71. The third-order valence-electron chi connectivity index (χ3n) is 6.34. The number of nitrogens with one attached hydrogen (secondary N) is 1. The molecule has 1 fully saturated rings. The maximum absolute atomic E-state index is 13.2. The van der Waals surface area contributed by atoms with E-state index in [1.807, 2.05) is 34.9 Å². The van der Waals surface area contributed by atoms with Gasteiger partial charge in [-0.3, -0.25) is 14.9 Å². The van der Waals surface area contributed by atoms with Crippen LogP contribution in [0.25, 0.3) is 10.9 Å². The lowest BCUT2D eigenvalue weighted by Crippen LogP contribution is -2.48. The van der Waals surface area contributed by atoms with Gasteiger partial charge in [-0.05, 0) is 43.3 Å². The van der Waals surface area contributed by atoms with Crippen LogP contribution in [0.1, 0.15) is 19.4 Å². The first-order valence-corrected chi connectivity index (χ1v) is 11.0. The molecule has 3 aromatic rings. The maximum atomic E-state index is 13.2. The summed E-state index contributed by atoms with van der Waals surface area (Å²) in [5.41, 5.74) is 3.08. The van der Waals surface area contributed by atoms with Crippen molar-refractivity contribution in [2.75, 3.05) is 44.7 Å². The van der Waals surface area contributed by atoms with Gasteiger partial charge in [-0.25, -0.2) is 14.4 Å². The molecular formula is C24H27FN6O. The highest BCUT2D eigenvalue weighted by Gasteiger charge is 2.25. The number of aliphatic imine (C=N–C) groups is 1. The fourth-order valence-corrected chi connectivity index (χ4v) is 4.71. The van der Waals surface area contributed by atoms with Crippen LogP contribution in [0.15, 0.2) is 47.5 Å². The maximum Gasteiger partial charge on any atom is 0.224 e. The Morgan fingerprint density at radius 1 is 1.09 bits per heavy atom. The number of benzene rings is 2. The third kappa shape index (κ3) is 3.75. The standard InChI is InChI=1S/C24H27FN6O/c1-16-14-18(15-29-10-12-30(13-11-29)19-8-6-17(25)7-9-19)27-23-20-4-3-5-21(32-2)22(20)28-24(26)31(16)23/h3-9,16,26H,10-15H2,1-2H3. The molecule has 0 spiro atoms. The number of nitrogens with zero attached hydrogens (tertiary/aromatic N) is 5. The summed E-state index contributed by atoms with van der Waals surface area (Å²) in [5.74, 6) is 1.25. The van der Waals surface area contributed by atoms with Crippen molar-refractivity contribution in [3.8, 4) is 5.75 Å². The summed E-state index contributed by atoms with van der Waals surface area (Å²) in [7, 11) is 1.62. The molecule has 1 atom stereocenters. The van der Waals surface area contributed by atoms with Crippen molar-refractivity contribution in [2.24, 2.45) is 4.99 Å². The number of hydrogen-bond acceptors (Lipinski definition) is 6. The highest BCUT2D eigenvalue weighted by Crippen LogP contribution is 2.34. The van der Waals surface area contributed by atoms with Gasteiger partial charge in [-0.15, -0.1) is 0 Å². The van der Waals surface area contributed by atoms with Gasteiger partial charge < -0.3 is 9.64 Å². The smallest absolute Gasteiger partial charge is 0.224 e. The van der Waals surface area contributed by atoms with Crippen molar-refractivity contribution in [1.82, 2.24) is 14.5 Å². The van der Waals surface area contributed by atoms with E-state index in [-0.39, 0.29) is 17.5 Å². The van der Waals surface area contributed by atoms with E-state index in [1.54, 1.807) is 7.11 Å². The molecule has 7 nitrogen and oxygen atoms in total. The van der Waals surface area contributed by atoms with Gasteiger partial charge in [0.05, 0.1) is 7.11 Å². The number of hydrogen-bond donors (Lipinski definition) is 1. The highest BCUT2D eigenvalue weighted by atomic mass is 19.1. The second-order valence-corrected chi connectivity index (χ2v) is 8.46. The lowest BCUT2D eigenvalue weighted by molar-refractivity contribution is 0.289. The van der Waals surface area contributed by atoms with Crippen molar-refractivity contribution in [3.63, 3.8) is 0 Å². The van der Waals surface area contributed by atoms with Crippen LogP contribution in [-0.4, -0.2) is 60.0 Å². The zero-order valence-electron chi connectivity index (χ0n) is 18.4. The predicted molar refractivity (Wildman–Crippen MR) is 124 cm³/mol. The Labute approximate surface area is 186 Å². The monoisotopic (exact) mass is 434 g/mol. The van der Waals surface area contributed by atoms with Crippen LogP contribution in [-0.2, 0) is 0 Å². The molecule has 0 bridgehead atoms. The van der Waals surface area contributed by atoms with Crippen LogP contribution >= 0.6 is 0 Å².